The number of esters is 1. The largest absolute Gasteiger partial charge is 0.461 e. The van der Waals surface area contributed by atoms with Crippen molar-refractivity contribution in [1.29, 1.82) is 0 Å². The Morgan fingerprint density at radius 3 is 2.59 bits per heavy atom. The van der Waals surface area contributed by atoms with E-state index in [1.54, 1.807) is 0 Å². The maximum absolute atomic E-state index is 11.0. The molecule has 0 heterocycles. The molecule has 0 bridgehead atoms. The number of benzene rings is 1. The first-order chi connectivity index (χ1) is 7.93. The van der Waals surface area contributed by atoms with Crippen LogP contribution in [-0.2, 0) is 16.1 Å². The zero-order chi connectivity index (χ0) is 13.0. The van der Waals surface area contributed by atoms with Gasteiger partial charge in [-0.1, -0.05) is 6.07 Å². The molecule has 1 rings (SSSR count). The summed E-state index contributed by atoms with van der Waals surface area (Å²) in [5.41, 5.74) is 4.51. The van der Waals surface area contributed by atoms with E-state index in [0.29, 0.717) is 0 Å². The Labute approximate surface area is 96.3 Å². The predicted octanol–water partition coefficient (Wildman–Crippen LogP) is 0.757. The van der Waals surface area contributed by atoms with Gasteiger partial charge in [-0.25, -0.2) is 0 Å². The van der Waals surface area contributed by atoms with Crippen LogP contribution in [0.5, 0.6) is 0 Å². The molecule has 0 saturated carbocycles. The molecule has 0 aliphatic rings. The van der Waals surface area contributed by atoms with Crippen molar-refractivity contribution in [1.82, 2.24) is 0 Å². The molecular weight excluding hydrogens is 228 g/mol. The summed E-state index contributed by atoms with van der Waals surface area (Å²) in [7, 11) is 0. The molecule has 0 unspecified atom stereocenters. The average molecular weight is 238 g/mol. The van der Waals surface area contributed by atoms with Crippen molar-refractivity contribution in [3.63, 3.8) is 0 Å². The van der Waals surface area contributed by atoms with E-state index < -0.39 is 22.5 Å². The quantitative estimate of drug-likeness (QED) is 0.472. The molecule has 0 aliphatic heterocycles. The van der Waals surface area contributed by atoms with Crippen LogP contribution in [0.25, 0.3) is 0 Å². The summed E-state index contributed by atoms with van der Waals surface area (Å²) in [6.45, 7) is 0.913. The maximum atomic E-state index is 11.0. The number of hydrogen-bond acceptors (Lipinski definition) is 5. The van der Waals surface area contributed by atoms with Gasteiger partial charge in [0.2, 0.25) is 0 Å². The third-order valence-corrected chi connectivity index (χ3v) is 2.00. The average Bonchev–Trinajstić information content (AvgIpc) is 2.25. The molecule has 7 nitrogen and oxygen atoms in total. The molecule has 2 N–H and O–H groups in total. The van der Waals surface area contributed by atoms with Gasteiger partial charge >= 0.3 is 5.97 Å². The van der Waals surface area contributed by atoms with E-state index in [1.807, 2.05) is 0 Å². The molecule has 0 spiro atoms. The van der Waals surface area contributed by atoms with Gasteiger partial charge in [0.1, 0.15) is 12.2 Å². The molecule has 1 amide bonds. The molecule has 0 radical (unpaired) electrons. The molecule has 7 heteroatoms. The Balaban J connectivity index is 3.20. The number of rotatable bonds is 4. The van der Waals surface area contributed by atoms with E-state index in [9.17, 15) is 19.7 Å². The Morgan fingerprint density at radius 1 is 1.47 bits per heavy atom. The standard InChI is InChI=1S/C10H10N2O5/c1-6(13)17-5-7-3-2-4-8(10(11)14)9(7)12(15)16/h2-4H,5H2,1H3,(H2,11,14). The van der Waals surface area contributed by atoms with Crippen LogP contribution in [0.15, 0.2) is 18.2 Å². The normalized spacial score (nSPS) is 9.71. The van der Waals surface area contributed by atoms with E-state index in [-0.39, 0.29) is 17.7 Å². The van der Waals surface area contributed by atoms with Gasteiger partial charge in [-0.3, -0.25) is 19.7 Å². The van der Waals surface area contributed by atoms with Crippen LogP contribution in [0.4, 0.5) is 5.69 Å². The Hall–Kier alpha value is -2.44. The summed E-state index contributed by atoms with van der Waals surface area (Å²) >= 11 is 0. The molecule has 0 aliphatic carbocycles. The van der Waals surface area contributed by atoms with Crippen LogP contribution in [0.1, 0.15) is 22.8 Å². The number of nitrogens with two attached hydrogens (primary N) is 1. The number of nitro groups is 1. The van der Waals surface area contributed by atoms with E-state index in [0.717, 1.165) is 0 Å². The molecule has 0 aromatic heterocycles. The van der Waals surface area contributed by atoms with Gasteiger partial charge in [-0.2, -0.15) is 0 Å². The molecule has 0 atom stereocenters. The molecular formula is C10H10N2O5. The molecule has 1 aromatic carbocycles. The smallest absolute Gasteiger partial charge is 0.302 e. The van der Waals surface area contributed by atoms with Gasteiger partial charge < -0.3 is 10.5 Å². The number of ether oxygens (including phenoxy) is 1. The summed E-state index contributed by atoms with van der Waals surface area (Å²) < 4.78 is 4.66. The van der Waals surface area contributed by atoms with Crippen LogP contribution in [0, 0.1) is 10.1 Å². The number of nitro benzene ring substituents is 1. The van der Waals surface area contributed by atoms with Crippen molar-refractivity contribution in [2.45, 2.75) is 13.5 Å². The van der Waals surface area contributed by atoms with Crippen LogP contribution in [0.2, 0.25) is 0 Å². The second kappa shape index (κ2) is 5.06. The Kier molecular flexibility index (Phi) is 3.76. The molecule has 17 heavy (non-hydrogen) atoms. The van der Waals surface area contributed by atoms with Crippen LogP contribution in [-0.4, -0.2) is 16.8 Å². The zero-order valence-electron chi connectivity index (χ0n) is 9.00. The highest BCUT2D eigenvalue weighted by atomic mass is 16.6. The zero-order valence-corrected chi connectivity index (χ0v) is 9.00. The van der Waals surface area contributed by atoms with E-state index in [4.69, 9.17) is 5.73 Å². The number of nitrogens with zero attached hydrogens (tertiary/aromatic N) is 1. The summed E-state index contributed by atoms with van der Waals surface area (Å²) in [4.78, 5) is 31.8. The highest BCUT2D eigenvalue weighted by Crippen LogP contribution is 2.24. The van der Waals surface area contributed by atoms with Crippen molar-refractivity contribution < 1.29 is 19.2 Å². The van der Waals surface area contributed by atoms with Crippen molar-refractivity contribution in [3.05, 3.63) is 39.4 Å². The van der Waals surface area contributed by atoms with Gasteiger partial charge in [0.15, 0.2) is 0 Å². The van der Waals surface area contributed by atoms with Crippen molar-refractivity contribution >= 4 is 17.6 Å². The number of carbonyl (C=O) groups is 2. The van der Waals surface area contributed by atoms with Crippen LogP contribution >= 0.6 is 0 Å². The number of primary amides is 1. The summed E-state index contributed by atoms with van der Waals surface area (Å²) in [5.74, 6) is -1.47. The van der Waals surface area contributed by atoms with Gasteiger partial charge in [0, 0.05) is 6.92 Å². The fourth-order valence-corrected chi connectivity index (χ4v) is 1.30. The molecule has 0 saturated heterocycles. The fourth-order valence-electron chi connectivity index (χ4n) is 1.30. The van der Waals surface area contributed by atoms with Crippen LogP contribution in [0.3, 0.4) is 0 Å². The lowest BCUT2D eigenvalue weighted by Crippen LogP contribution is -2.15. The van der Waals surface area contributed by atoms with Crippen LogP contribution < -0.4 is 5.73 Å². The minimum Gasteiger partial charge on any atom is -0.461 e. The van der Waals surface area contributed by atoms with Gasteiger partial charge in [-0.15, -0.1) is 0 Å². The first kappa shape index (κ1) is 12.6. The highest BCUT2D eigenvalue weighted by Gasteiger charge is 2.23. The topological polar surface area (TPSA) is 113 Å². The number of carbonyl (C=O) groups excluding carboxylic acids is 2. The minimum absolute atomic E-state index is 0.126. The molecule has 90 valence electrons. The fraction of sp³-hybridized carbons (Fsp3) is 0.200. The summed E-state index contributed by atoms with van der Waals surface area (Å²) in [5, 5.41) is 10.8. The first-order valence-electron chi connectivity index (χ1n) is 4.63. The second-order valence-corrected chi connectivity index (χ2v) is 3.21. The highest BCUT2D eigenvalue weighted by molar-refractivity contribution is 5.97. The predicted molar refractivity (Wildman–Crippen MR) is 57.1 cm³/mol. The third kappa shape index (κ3) is 3.00. The van der Waals surface area contributed by atoms with Gasteiger partial charge in [0.05, 0.1) is 10.5 Å². The number of amides is 1. The lowest BCUT2D eigenvalue weighted by Gasteiger charge is -2.05. The molecule has 1 aromatic rings. The monoisotopic (exact) mass is 238 g/mol. The number of para-hydroxylation sites is 1. The number of hydrogen-bond donors (Lipinski definition) is 1. The first-order valence-corrected chi connectivity index (χ1v) is 4.63. The molecule has 0 fully saturated rings. The van der Waals surface area contributed by atoms with E-state index in [1.165, 1.54) is 25.1 Å². The second-order valence-electron chi connectivity index (χ2n) is 3.21. The Morgan fingerprint density at radius 2 is 2.12 bits per heavy atom. The van der Waals surface area contributed by atoms with E-state index in [2.05, 4.69) is 4.74 Å². The van der Waals surface area contributed by atoms with Gasteiger partial charge in [-0.05, 0) is 12.1 Å². The van der Waals surface area contributed by atoms with Crippen molar-refractivity contribution in [3.8, 4) is 0 Å². The minimum atomic E-state index is -0.902. The third-order valence-electron chi connectivity index (χ3n) is 2.00. The maximum Gasteiger partial charge on any atom is 0.302 e. The Bertz CT molecular complexity index is 484. The van der Waals surface area contributed by atoms with E-state index >= 15 is 0 Å². The summed E-state index contributed by atoms with van der Waals surface area (Å²) in [6, 6.07) is 4.08. The van der Waals surface area contributed by atoms with Crippen molar-refractivity contribution in [2.24, 2.45) is 5.73 Å². The summed E-state index contributed by atoms with van der Waals surface area (Å²) in [6.07, 6.45) is 0. The van der Waals surface area contributed by atoms with Crippen molar-refractivity contribution in [2.75, 3.05) is 0 Å². The van der Waals surface area contributed by atoms with Gasteiger partial charge in [0.25, 0.3) is 11.6 Å². The lowest BCUT2D eigenvalue weighted by molar-refractivity contribution is -0.386. The SMILES string of the molecule is CC(=O)OCc1cccc(C(N)=O)c1[N+](=O)[O-]. The lowest BCUT2D eigenvalue weighted by atomic mass is 10.1.